The highest BCUT2D eigenvalue weighted by atomic mass is 16.7. The summed E-state index contributed by atoms with van der Waals surface area (Å²) in [6, 6.07) is -0.745. The molecule has 8 nitrogen and oxygen atoms in total. The van der Waals surface area contributed by atoms with Crippen LogP contribution in [0.3, 0.4) is 0 Å². The Kier molecular flexibility index (Phi) is 15.8. The van der Waals surface area contributed by atoms with Gasteiger partial charge in [-0.3, -0.25) is 14.4 Å². The Labute approximate surface area is 255 Å². The number of carbonyl (C=O) groups excluding carboxylic acids is 2. The molecule has 42 heavy (non-hydrogen) atoms. The normalized spacial score (nSPS) is 24.9. The van der Waals surface area contributed by atoms with Crippen molar-refractivity contribution in [3.63, 3.8) is 0 Å². The van der Waals surface area contributed by atoms with Gasteiger partial charge in [-0.05, 0) is 45.4 Å². The first-order valence-corrected chi connectivity index (χ1v) is 17.0. The molecule has 0 radical (unpaired) electrons. The summed E-state index contributed by atoms with van der Waals surface area (Å²) >= 11 is 0. The molecule has 0 aromatic heterocycles. The summed E-state index contributed by atoms with van der Waals surface area (Å²) in [6.07, 6.45) is 17.0. The monoisotopic (exact) mass is 594 g/mol. The van der Waals surface area contributed by atoms with Crippen LogP contribution >= 0.6 is 0 Å². The number of amides is 2. The van der Waals surface area contributed by atoms with E-state index >= 15 is 0 Å². The van der Waals surface area contributed by atoms with Crippen LogP contribution in [0.5, 0.6) is 0 Å². The molecule has 5 atom stereocenters. The van der Waals surface area contributed by atoms with Gasteiger partial charge in [0.05, 0.1) is 13.0 Å². The van der Waals surface area contributed by atoms with Gasteiger partial charge < -0.3 is 25.2 Å². The fourth-order valence-electron chi connectivity index (χ4n) is 6.60. The molecule has 1 heterocycles. The molecule has 0 aromatic rings. The minimum atomic E-state index is -0.962. The number of carboxylic acids is 1. The molecule has 2 fully saturated rings. The third-order valence-corrected chi connectivity index (χ3v) is 9.30. The number of hydrogen-bond acceptors (Lipinski definition) is 5. The maximum absolute atomic E-state index is 13.5. The van der Waals surface area contributed by atoms with E-state index in [1.54, 1.807) is 13.8 Å². The van der Waals surface area contributed by atoms with Crippen molar-refractivity contribution in [2.24, 2.45) is 17.3 Å². The maximum atomic E-state index is 13.5. The number of hydrogen-bond donors (Lipinski definition) is 3. The van der Waals surface area contributed by atoms with Gasteiger partial charge in [0.2, 0.25) is 11.8 Å². The van der Waals surface area contributed by atoms with Gasteiger partial charge in [-0.25, -0.2) is 0 Å². The van der Waals surface area contributed by atoms with Gasteiger partial charge in [0.1, 0.15) is 6.10 Å². The Hall–Kier alpha value is -1.67. The predicted molar refractivity (Wildman–Crippen MR) is 167 cm³/mol. The summed E-state index contributed by atoms with van der Waals surface area (Å²) in [5.74, 6) is -2.28. The minimum Gasteiger partial charge on any atom is -0.481 e. The zero-order valence-electron chi connectivity index (χ0n) is 27.6. The Morgan fingerprint density at radius 1 is 0.881 bits per heavy atom. The van der Waals surface area contributed by atoms with Crippen molar-refractivity contribution in [2.75, 3.05) is 6.61 Å². The van der Waals surface area contributed by atoms with Gasteiger partial charge in [0.25, 0.3) is 0 Å². The second-order valence-electron chi connectivity index (χ2n) is 14.0. The summed E-state index contributed by atoms with van der Waals surface area (Å²) in [7, 11) is 0. The third-order valence-electron chi connectivity index (χ3n) is 9.30. The molecule has 2 aliphatic rings. The van der Waals surface area contributed by atoms with Crippen LogP contribution in [0.1, 0.15) is 151 Å². The van der Waals surface area contributed by atoms with E-state index in [9.17, 15) is 19.5 Å². The van der Waals surface area contributed by atoms with Crippen LogP contribution < -0.4 is 10.6 Å². The zero-order valence-corrected chi connectivity index (χ0v) is 27.6. The summed E-state index contributed by atoms with van der Waals surface area (Å²) < 4.78 is 11.8. The van der Waals surface area contributed by atoms with Gasteiger partial charge in [-0.1, -0.05) is 105 Å². The molecule has 1 aliphatic heterocycles. The van der Waals surface area contributed by atoms with E-state index in [4.69, 9.17) is 9.47 Å². The van der Waals surface area contributed by atoms with Crippen molar-refractivity contribution >= 4 is 17.8 Å². The Bertz CT molecular complexity index is 829. The van der Waals surface area contributed by atoms with Crippen LogP contribution in [0, 0.1) is 17.3 Å². The third kappa shape index (κ3) is 12.5. The molecule has 1 aliphatic carbocycles. The van der Waals surface area contributed by atoms with E-state index in [0.717, 1.165) is 44.9 Å². The average Bonchev–Trinajstić information content (AvgIpc) is 2.93. The second-order valence-corrected chi connectivity index (χ2v) is 14.0. The summed E-state index contributed by atoms with van der Waals surface area (Å²) in [5.41, 5.74) is -0.559. The number of carboxylic acid groups (broad SMARTS) is 1. The van der Waals surface area contributed by atoms with E-state index in [-0.39, 0.29) is 36.1 Å². The number of aliphatic carboxylic acids is 1. The van der Waals surface area contributed by atoms with Crippen LogP contribution in [-0.2, 0) is 23.9 Å². The first-order chi connectivity index (χ1) is 19.9. The van der Waals surface area contributed by atoms with Crippen molar-refractivity contribution in [1.29, 1.82) is 0 Å². The van der Waals surface area contributed by atoms with E-state index in [2.05, 4.69) is 24.5 Å². The van der Waals surface area contributed by atoms with Crippen molar-refractivity contribution in [3.05, 3.63) is 0 Å². The van der Waals surface area contributed by atoms with Gasteiger partial charge in [0.15, 0.2) is 5.79 Å². The van der Waals surface area contributed by atoms with Crippen LogP contribution in [0.4, 0.5) is 0 Å². The van der Waals surface area contributed by atoms with Crippen LogP contribution in [-0.4, -0.2) is 53.5 Å². The lowest BCUT2D eigenvalue weighted by molar-refractivity contribution is -0.304. The van der Waals surface area contributed by atoms with E-state index in [0.29, 0.717) is 6.61 Å². The standard InChI is InChI=1S/C34H62N2O6/c1-7-9-10-11-12-13-14-15-16-17-20-25(8-2)31(39)35-27-22-19-18-21-26(27)28(23-29(37)38)36-32(40)30-33(3,4)24-41-34(5,6)42-30/h25-28,30H,7-24H2,1-6H3,(H,35,39)(H,36,40)(H,37,38). The highest BCUT2D eigenvalue weighted by Crippen LogP contribution is 2.36. The largest absolute Gasteiger partial charge is 0.481 e. The number of ether oxygens (including phenoxy) is 2. The first-order valence-electron chi connectivity index (χ1n) is 17.0. The molecule has 0 spiro atoms. The van der Waals surface area contributed by atoms with Crippen LogP contribution in [0.2, 0.25) is 0 Å². The van der Waals surface area contributed by atoms with Gasteiger partial charge in [-0.15, -0.1) is 0 Å². The molecule has 2 amide bonds. The Morgan fingerprint density at radius 3 is 2.07 bits per heavy atom. The lowest BCUT2D eigenvalue weighted by Crippen LogP contribution is -2.60. The Balaban J connectivity index is 1.94. The maximum Gasteiger partial charge on any atom is 0.305 e. The highest BCUT2D eigenvalue weighted by Gasteiger charge is 2.47. The van der Waals surface area contributed by atoms with E-state index in [1.807, 2.05) is 13.8 Å². The van der Waals surface area contributed by atoms with Crippen LogP contribution in [0.15, 0.2) is 0 Å². The Morgan fingerprint density at radius 2 is 1.48 bits per heavy atom. The van der Waals surface area contributed by atoms with Crippen molar-refractivity contribution in [2.45, 2.75) is 175 Å². The van der Waals surface area contributed by atoms with Crippen molar-refractivity contribution in [1.82, 2.24) is 10.6 Å². The topological polar surface area (TPSA) is 114 Å². The summed E-state index contributed by atoms with van der Waals surface area (Å²) in [4.78, 5) is 38.8. The molecule has 244 valence electrons. The molecule has 1 saturated heterocycles. The van der Waals surface area contributed by atoms with E-state index in [1.165, 1.54) is 57.8 Å². The number of unbranched alkanes of at least 4 members (excludes halogenated alkanes) is 9. The lowest BCUT2D eigenvalue weighted by Gasteiger charge is -2.45. The van der Waals surface area contributed by atoms with Gasteiger partial charge in [0, 0.05) is 23.4 Å². The molecule has 0 aromatic carbocycles. The van der Waals surface area contributed by atoms with Crippen LogP contribution in [0.25, 0.3) is 0 Å². The smallest absolute Gasteiger partial charge is 0.305 e. The number of nitrogens with one attached hydrogen (secondary N) is 2. The molecular formula is C34H62N2O6. The average molecular weight is 595 g/mol. The second kappa shape index (κ2) is 18.2. The minimum absolute atomic E-state index is 0.0344. The molecule has 1 saturated carbocycles. The molecule has 2 rings (SSSR count). The fourth-order valence-corrected chi connectivity index (χ4v) is 6.60. The first kappa shape index (κ1) is 36.5. The predicted octanol–water partition coefficient (Wildman–Crippen LogP) is 7.14. The highest BCUT2D eigenvalue weighted by molar-refractivity contribution is 5.83. The van der Waals surface area contributed by atoms with Gasteiger partial charge in [-0.2, -0.15) is 0 Å². The molecule has 0 bridgehead atoms. The molecular weight excluding hydrogens is 532 g/mol. The van der Waals surface area contributed by atoms with Crippen molar-refractivity contribution in [3.8, 4) is 0 Å². The van der Waals surface area contributed by atoms with Gasteiger partial charge >= 0.3 is 5.97 Å². The van der Waals surface area contributed by atoms with Crippen molar-refractivity contribution < 1.29 is 29.0 Å². The SMILES string of the molecule is CCCCCCCCCCCCC(CC)C(=O)NC1CCCCC1C(CC(=O)O)NC(=O)C1OC(C)(C)OCC1(C)C. The summed E-state index contributed by atoms with van der Waals surface area (Å²) in [5, 5.41) is 16.1. The lowest BCUT2D eigenvalue weighted by atomic mass is 9.77. The summed E-state index contributed by atoms with van der Waals surface area (Å²) in [6.45, 7) is 12.1. The zero-order chi connectivity index (χ0) is 31.2. The number of carbonyl (C=O) groups is 3. The number of rotatable bonds is 19. The molecule has 5 unspecified atom stereocenters. The molecule has 3 N–H and O–H groups in total. The van der Waals surface area contributed by atoms with E-state index < -0.39 is 29.3 Å². The molecule has 8 heteroatoms. The fraction of sp³-hybridized carbons (Fsp3) is 0.912. The quantitative estimate of drug-likeness (QED) is 0.137.